The van der Waals surface area contributed by atoms with Crippen molar-refractivity contribution in [2.45, 2.75) is 26.3 Å². The topological polar surface area (TPSA) is 71.7 Å². The SMILES string of the molecule is CCC1COCCN1C(=O)c1sc(N(C)CC)nc1N. The standard InChI is InChI=1S/C13H22N4O2S/c1-4-9-8-19-7-6-17(9)12(18)10-11(14)15-13(20-10)16(3)5-2/h9H,4-8,14H2,1-3H3. The Kier molecular flexibility index (Phi) is 4.82. The van der Waals surface area contributed by atoms with Gasteiger partial charge in [0.05, 0.1) is 19.3 Å². The number of nitrogens with two attached hydrogens (primary N) is 1. The van der Waals surface area contributed by atoms with Crippen molar-refractivity contribution in [3.8, 4) is 0 Å². The van der Waals surface area contributed by atoms with Gasteiger partial charge in [-0.1, -0.05) is 18.3 Å². The maximum atomic E-state index is 12.7. The first-order chi connectivity index (χ1) is 9.58. The summed E-state index contributed by atoms with van der Waals surface area (Å²) in [5, 5.41) is 0.787. The first-order valence-electron chi connectivity index (χ1n) is 6.94. The third kappa shape index (κ3) is 2.88. The highest BCUT2D eigenvalue weighted by Crippen LogP contribution is 2.29. The maximum Gasteiger partial charge on any atom is 0.268 e. The van der Waals surface area contributed by atoms with E-state index in [2.05, 4.69) is 11.9 Å². The van der Waals surface area contributed by atoms with E-state index in [4.69, 9.17) is 10.5 Å². The van der Waals surface area contributed by atoms with Gasteiger partial charge in [-0.3, -0.25) is 4.79 Å². The van der Waals surface area contributed by atoms with Gasteiger partial charge in [0.2, 0.25) is 0 Å². The van der Waals surface area contributed by atoms with Gasteiger partial charge in [-0.2, -0.15) is 0 Å². The molecule has 2 heterocycles. The first-order valence-corrected chi connectivity index (χ1v) is 7.76. The van der Waals surface area contributed by atoms with E-state index in [9.17, 15) is 4.79 Å². The quantitative estimate of drug-likeness (QED) is 0.910. The van der Waals surface area contributed by atoms with Crippen molar-refractivity contribution < 1.29 is 9.53 Å². The predicted octanol–water partition coefficient (Wildman–Crippen LogP) is 1.43. The summed E-state index contributed by atoms with van der Waals surface area (Å²) in [5.74, 6) is 0.308. The lowest BCUT2D eigenvalue weighted by Crippen LogP contribution is -2.48. The number of morpholine rings is 1. The van der Waals surface area contributed by atoms with Crippen LogP contribution in [0.3, 0.4) is 0 Å². The molecule has 0 spiro atoms. The Labute approximate surface area is 123 Å². The summed E-state index contributed by atoms with van der Waals surface area (Å²) in [5.41, 5.74) is 5.92. The van der Waals surface area contributed by atoms with Crippen LogP contribution in [0.15, 0.2) is 0 Å². The summed E-state index contributed by atoms with van der Waals surface area (Å²) >= 11 is 1.36. The molecule has 2 N–H and O–H groups in total. The van der Waals surface area contributed by atoms with Crippen LogP contribution in [0.4, 0.5) is 10.9 Å². The minimum atomic E-state index is -0.0223. The Morgan fingerprint density at radius 3 is 3.00 bits per heavy atom. The molecule has 1 fully saturated rings. The number of rotatable bonds is 4. The maximum absolute atomic E-state index is 12.7. The highest BCUT2D eigenvalue weighted by Gasteiger charge is 2.30. The second kappa shape index (κ2) is 6.41. The van der Waals surface area contributed by atoms with Crippen LogP contribution in [0.2, 0.25) is 0 Å². The number of hydrogen-bond donors (Lipinski definition) is 1. The molecule has 1 aromatic heterocycles. The van der Waals surface area contributed by atoms with E-state index in [1.54, 1.807) is 0 Å². The summed E-state index contributed by atoms with van der Waals surface area (Å²) < 4.78 is 5.43. The molecule has 20 heavy (non-hydrogen) atoms. The molecule has 2 rings (SSSR count). The highest BCUT2D eigenvalue weighted by atomic mass is 32.1. The second-order valence-electron chi connectivity index (χ2n) is 4.86. The van der Waals surface area contributed by atoms with Crippen LogP contribution in [-0.2, 0) is 4.74 Å². The normalized spacial score (nSPS) is 19.1. The zero-order valence-electron chi connectivity index (χ0n) is 12.3. The number of thiazole rings is 1. The average Bonchev–Trinajstić information content (AvgIpc) is 2.87. The van der Waals surface area contributed by atoms with Crippen LogP contribution < -0.4 is 10.6 Å². The van der Waals surface area contributed by atoms with E-state index in [1.807, 2.05) is 23.8 Å². The van der Waals surface area contributed by atoms with Crippen LogP contribution in [-0.4, -0.2) is 55.2 Å². The minimum absolute atomic E-state index is 0.0223. The largest absolute Gasteiger partial charge is 0.382 e. The third-order valence-electron chi connectivity index (χ3n) is 3.60. The van der Waals surface area contributed by atoms with Gasteiger partial charge in [-0.15, -0.1) is 0 Å². The van der Waals surface area contributed by atoms with Gasteiger partial charge in [0.25, 0.3) is 5.91 Å². The molecule has 1 aromatic rings. The molecule has 7 heteroatoms. The van der Waals surface area contributed by atoms with Crippen LogP contribution in [0.5, 0.6) is 0 Å². The van der Waals surface area contributed by atoms with Gasteiger partial charge in [0, 0.05) is 20.1 Å². The van der Waals surface area contributed by atoms with Gasteiger partial charge < -0.3 is 20.3 Å². The van der Waals surface area contributed by atoms with Crippen LogP contribution >= 0.6 is 11.3 Å². The number of ether oxygens (including phenoxy) is 1. The Hall–Kier alpha value is -1.34. The molecule has 0 aromatic carbocycles. The lowest BCUT2D eigenvalue weighted by molar-refractivity contribution is -0.00249. The number of amides is 1. The summed E-state index contributed by atoms with van der Waals surface area (Å²) in [4.78, 5) is 21.3. The highest BCUT2D eigenvalue weighted by molar-refractivity contribution is 7.18. The number of hydrogen-bond acceptors (Lipinski definition) is 6. The molecule has 0 bridgehead atoms. The van der Waals surface area contributed by atoms with E-state index in [0.717, 1.165) is 18.1 Å². The van der Waals surface area contributed by atoms with Crippen molar-refractivity contribution in [1.29, 1.82) is 0 Å². The fourth-order valence-electron chi connectivity index (χ4n) is 2.16. The van der Waals surface area contributed by atoms with Crippen LogP contribution in [0.1, 0.15) is 29.9 Å². The Bertz CT molecular complexity index is 477. The molecule has 1 aliphatic rings. The minimum Gasteiger partial charge on any atom is -0.382 e. The third-order valence-corrected chi connectivity index (χ3v) is 4.77. The number of carbonyl (C=O) groups is 1. The Balaban J connectivity index is 2.21. The van der Waals surface area contributed by atoms with E-state index in [1.165, 1.54) is 11.3 Å². The molecule has 6 nitrogen and oxygen atoms in total. The van der Waals surface area contributed by atoms with Crippen molar-refractivity contribution in [2.75, 3.05) is 44.0 Å². The van der Waals surface area contributed by atoms with Crippen molar-refractivity contribution in [2.24, 2.45) is 0 Å². The summed E-state index contributed by atoms with van der Waals surface area (Å²) in [7, 11) is 1.94. The smallest absolute Gasteiger partial charge is 0.268 e. The van der Waals surface area contributed by atoms with E-state index in [-0.39, 0.29) is 11.9 Å². The van der Waals surface area contributed by atoms with Crippen LogP contribution in [0.25, 0.3) is 0 Å². The molecule has 1 atom stereocenters. The van der Waals surface area contributed by atoms with E-state index in [0.29, 0.717) is 30.5 Å². The molecular formula is C13H22N4O2S. The zero-order chi connectivity index (χ0) is 14.7. The van der Waals surface area contributed by atoms with Gasteiger partial charge in [-0.05, 0) is 13.3 Å². The molecule has 112 valence electrons. The van der Waals surface area contributed by atoms with Gasteiger partial charge >= 0.3 is 0 Å². The second-order valence-corrected chi connectivity index (χ2v) is 5.84. The molecule has 1 unspecified atom stereocenters. The van der Waals surface area contributed by atoms with Crippen molar-refractivity contribution in [1.82, 2.24) is 9.88 Å². The summed E-state index contributed by atoms with van der Waals surface area (Å²) in [6, 6.07) is 0.130. The van der Waals surface area contributed by atoms with E-state index >= 15 is 0 Å². The monoisotopic (exact) mass is 298 g/mol. The lowest BCUT2D eigenvalue weighted by atomic mass is 10.1. The van der Waals surface area contributed by atoms with Gasteiger partial charge in [0.15, 0.2) is 5.13 Å². The number of carbonyl (C=O) groups excluding carboxylic acids is 1. The summed E-state index contributed by atoms with van der Waals surface area (Å²) in [6.07, 6.45) is 0.881. The van der Waals surface area contributed by atoms with Crippen molar-refractivity contribution >= 4 is 28.2 Å². The number of nitrogens with zero attached hydrogens (tertiary/aromatic N) is 3. The van der Waals surface area contributed by atoms with Crippen LogP contribution in [0, 0.1) is 0 Å². The molecule has 1 aliphatic heterocycles. The molecule has 0 aliphatic carbocycles. The Morgan fingerprint density at radius 2 is 2.35 bits per heavy atom. The van der Waals surface area contributed by atoms with E-state index < -0.39 is 0 Å². The number of anilines is 2. The average molecular weight is 298 g/mol. The fraction of sp³-hybridized carbons (Fsp3) is 0.692. The van der Waals surface area contributed by atoms with Gasteiger partial charge in [0.1, 0.15) is 10.7 Å². The molecule has 0 radical (unpaired) electrons. The lowest BCUT2D eigenvalue weighted by Gasteiger charge is -2.34. The molecule has 0 saturated carbocycles. The van der Waals surface area contributed by atoms with Gasteiger partial charge in [-0.25, -0.2) is 4.98 Å². The number of nitrogen functional groups attached to an aromatic ring is 1. The number of aromatic nitrogens is 1. The molecule has 1 amide bonds. The van der Waals surface area contributed by atoms with Crippen molar-refractivity contribution in [3.63, 3.8) is 0 Å². The first kappa shape index (κ1) is 15.1. The predicted molar refractivity (Wildman–Crippen MR) is 81.4 cm³/mol. The fourth-order valence-corrected chi connectivity index (χ4v) is 3.13. The zero-order valence-corrected chi connectivity index (χ0v) is 13.1. The molecule has 1 saturated heterocycles. The molecular weight excluding hydrogens is 276 g/mol. The summed E-state index contributed by atoms with van der Waals surface area (Å²) in [6.45, 7) is 6.73. The Morgan fingerprint density at radius 1 is 1.60 bits per heavy atom. The van der Waals surface area contributed by atoms with Crippen molar-refractivity contribution in [3.05, 3.63) is 4.88 Å².